The minimum atomic E-state index is -1.91. The molecule has 238 valence electrons. The van der Waals surface area contributed by atoms with Crippen LogP contribution in [0.1, 0.15) is 68.0 Å². The van der Waals surface area contributed by atoms with Crippen molar-refractivity contribution in [3.8, 4) is 11.1 Å². The molecule has 3 aromatic rings. The summed E-state index contributed by atoms with van der Waals surface area (Å²) in [5, 5.41) is 6.55. The summed E-state index contributed by atoms with van der Waals surface area (Å²) in [7, 11) is 1.19. The number of hydrogen-bond donors (Lipinski definition) is 0. The Balaban J connectivity index is 2.21. The molecule has 0 radical (unpaired) electrons. The number of rotatable bonds is 14. The summed E-state index contributed by atoms with van der Waals surface area (Å²) in [4.78, 5) is 25.1. The highest BCUT2D eigenvalue weighted by Gasteiger charge is 2.37. The highest BCUT2D eigenvalue weighted by atomic mass is 35.5. The summed E-state index contributed by atoms with van der Waals surface area (Å²) in [6.07, 6.45) is 2.11. The quantitative estimate of drug-likeness (QED) is 0.0999. The summed E-state index contributed by atoms with van der Waals surface area (Å²) in [6.45, 7) is 19.1. The van der Waals surface area contributed by atoms with Crippen molar-refractivity contribution in [3.05, 3.63) is 39.8 Å². The Morgan fingerprint density at radius 1 is 1.05 bits per heavy atom. The number of benzene rings is 1. The van der Waals surface area contributed by atoms with Crippen molar-refractivity contribution in [1.29, 1.82) is 0 Å². The molecule has 0 saturated heterocycles. The number of carbonyl (C=O) groups excluding carboxylic acids is 2. The van der Waals surface area contributed by atoms with E-state index in [1.54, 1.807) is 14.0 Å². The van der Waals surface area contributed by atoms with E-state index in [9.17, 15) is 9.59 Å². The Hall–Kier alpha value is -2.11. The maximum absolute atomic E-state index is 13.5. The van der Waals surface area contributed by atoms with E-state index in [-0.39, 0.29) is 16.1 Å². The molecule has 2 aromatic heterocycles. The average Bonchev–Trinajstić information content (AvgIpc) is 3.39. The van der Waals surface area contributed by atoms with E-state index in [2.05, 4.69) is 38.4 Å². The number of carbonyl (C=O) groups is 2. The zero-order valence-corrected chi connectivity index (χ0v) is 30.1. The van der Waals surface area contributed by atoms with Crippen LogP contribution in [0.3, 0.4) is 0 Å². The van der Waals surface area contributed by atoms with E-state index in [0.717, 1.165) is 45.4 Å². The molecule has 0 aliphatic carbocycles. The fourth-order valence-corrected chi connectivity index (χ4v) is 7.12. The van der Waals surface area contributed by atoms with Crippen molar-refractivity contribution >= 4 is 53.7 Å². The third-order valence-electron chi connectivity index (χ3n) is 8.47. The highest BCUT2D eigenvalue weighted by molar-refractivity contribution is 8.13. The van der Waals surface area contributed by atoms with Gasteiger partial charge in [0.2, 0.25) is 0 Å². The Kier molecular flexibility index (Phi) is 12.2. The van der Waals surface area contributed by atoms with Crippen molar-refractivity contribution < 1.29 is 23.5 Å². The van der Waals surface area contributed by atoms with Crippen molar-refractivity contribution in [2.24, 2.45) is 0 Å². The SMILES string of the molecule is COCCn1nc(C)c(-c2c(Cl)ccc3c(CCCO[Si](C)(C)C(C)(C)C)c(C(=O)OC)n(CCCSC(C)=O)c23)c1C. The lowest BCUT2D eigenvalue weighted by atomic mass is 9.98. The van der Waals surface area contributed by atoms with E-state index < -0.39 is 8.32 Å². The molecule has 0 spiro atoms. The fourth-order valence-electron chi connectivity index (χ4n) is 5.22. The summed E-state index contributed by atoms with van der Waals surface area (Å²) >= 11 is 8.30. The number of methoxy groups -OCH3 is 2. The molecule has 43 heavy (non-hydrogen) atoms. The molecule has 8 nitrogen and oxygen atoms in total. The number of hydrogen-bond acceptors (Lipinski definition) is 7. The topological polar surface area (TPSA) is 84.6 Å². The average molecular weight is 650 g/mol. The second-order valence-electron chi connectivity index (χ2n) is 12.5. The van der Waals surface area contributed by atoms with E-state index >= 15 is 0 Å². The third kappa shape index (κ3) is 7.95. The predicted octanol–water partition coefficient (Wildman–Crippen LogP) is 7.83. The van der Waals surface area contributed by atoms with E-state index in [0.29, 0.717) is 55.6 Å². The molecule has 0 fully saturated rings. The van der Waals surface area contributed by atoms with Gasteiger partial charge in [-0.3, -0.25) is 9.48 Å². The molecule has 0 N–H and O–H groups in total. The van der Waals surface area contributed by atoms with Crippen LogP contribution in [0.4, 0.5) is 0 Å². The van der Waals surface area contributed by atoms with E-state index in [4.69, 9.17) is 30.6 Å². The Bertz CT molecular complexity index is 1460. The molecule has 2 heterocycles. The van der Waals surface area contributed by atoms with Gasteiger partial charge in [0.25, 0.3) is 0 Å². The lowest BCUT2D eigenvalue weighted by Gasteiger charge is -2.36. The van der Waals surface area contributed by atoms with Gasteiger partial charge in [-0.15, -0.1) is 0 Å². The van der Waals surface area contributed by atoms with Gasteiger partial charge < -0.3 is 18.5 Å². The number of nitrogens with zero attached hydrogens (tertiary/aromatic N) is 3. The third-order valence-corrected chi connectivity index (χ3v) is 14.2. The monoisotopic (exact) mass is 649 g/mol. The number of esters is 1. The fraction of sp³-hybridized carbons (Fsp3) is 0.594. The van der Waals surface area contributed by atoms with Crippen LogP contribution in [0.15, 0.2) is 12.1 Å². The first-order valence-electron chi connectivity index (χ1n) is 14.9. The zero-order valence-electron chi connectivity index (χ0n) is 27.5. The van der Waals surface area contributed by atoms with Crippen molar-refractivity contribution in [3.63, 3.8) is 0 Å². The number of thioether (sulfide) groups is 1. The molecule has 0 atom stereocenters. The van der Waals surface area contributed by atoms with Crippen molar-refractivity contribution in [2.75, 3.05) is 33.2 Å². The first kappa shape index (κ1) is 35.4. The van der Waals surface area contributed by atoms with Gasteiger partial charge in [-0.05, 0) is 62.9 Å². The highest BCUT2D eigenvalue weighted by Crippen LogP contribution is 2.43. The van der Waals surface area contributed by atoms with Gasteiger partial charge in [0.15, 0.2) is 13.4 Å². The van der Waals surface area contributed by atoms with Gasteiger partial charge >= 0.3 is 5.97 Å². The number of ether oxygens (including phenoxy) is 2. The van der Waals surface area contributed by atoms with Gasteiger partial charge in [0.05, 0.1) is 36.5 Å². The number of aromatic nitrogens is 3. The molecular weight excluding hydrogens is 602 g/mol. The van der Waals surface area contributed by atoms with Crippen LogP contribution >= 0.6 is 23.4 Å². The summed E-state index contributed by atoms with van der Waals surface area (Å²) < 4.78 is 21.1. The summed E-state index contributed by atoms with van der Waals surface area (Å²) in [5.41, 5.74) is 5.99. The smallest absolute Gasteiger partial charge is 0.354 e. The molecule has 0 unspecified atom stereocenters. The standard InChI is InChI=1S/C32H48ClN3O5SSi/c1-21-27(22(2)36(34-21)17-19-39-7)28-26(33)15-14-25-24(13-11-18-41-43(9,10)32(4,5)6)30(31(38)40-8)35(29(25)28)16-12-20-42-23(3)37/h14-15H,11-13,16-20H2,1-10H3. The summed E-state index contributed by atoms with van der Waals surface area (Å²) in [6, 6.07) is 3.93. The van der Waals surface area contributed by atoms with E-state index in [1.807, 2.05) is 30.7 Å². The van der Waals surface area contributed by atoms with Gasteiger partial charge in [0, 0.05) is 55.1 Å². The molecule has 0 bridgehead atoms. The zero-order chi connectivity index (χ0) is 32.1. The molecule has 3 rings (SSSR count). The Morgan fingerprint density at radius 2 is 1.74 bits per heavy atom. The van der Waals surface area contributed by atoms with Crippen LogP contribution in [0, 0.1) is 13.8 Å². The van der Waals surface area contributed by atoms with Crippen LogP contribution in [-0.2, 0) is 38.2 Å². The lowest BCUT2D eigenvalue weighted by Crippen LogP contribution is -2.41. The predicted molar refractivity (Wildman–Crippen MR) is 180 cm³/mol. The van der Waals surface area contributed by atoms with Crippen LogP contribution in [0.2, 0.25) is 23.2 Å². The minimum absolute atomic E-state index is 0.0754. The molecule has 0 amide bonds. The molecule has 1 aromatic carbocycles. The number of halogens is 1. The first-order chi connectivity index (χ1) is 20.2. The number of aryl methyl sites for hydroxylation is 3. The number of fused-ring (bicyclic) bond motifs is 1. The second kappa shape index (κ2) is 14.8. The summed E-state index contributed by atoms with van der Waals surface area (Å²) in [5.74, 6) is 0.260. The van der Waals surface area contributed by atoms with Crippen LogP contribution in [-0.4, -0.2) is 66.9 Å². The van der Waals surface area contributed by atoms with Crippen molar-refractivity contribution in [1.82, 2.24) is 14.3 Å². The minimum Gasteiger partial charge on any atom is -0.464 e. The molecular formula is C32H48ClN3O5SSi. The van der Waals surface area contributed by atoms with Crippen LogP contribution in [0.5, 0.6) is 0 Å². The van der Waals surface area contributed by atoms with E-state index in [1.165, 1.54) is 18.9 Å². The molecule has 11 heteroatoms. The van der Waals surface area contributed by atoms with Crippen molar-refractivity contribution in [2.45, 2.75) is 92.0 Å². The Labute approximate surface area is 266 Å². The Morgan fingerprint density at radius 3 is 2.35 bits per heavy atom. The van der Waals surface area contributed by atoms with Gasteiger partial charge in [-0.25, -0.2) is 4.79 Å². The second-order valence-corrected chi connectivity index (χ2v) is 18.9. The van der Waals surface area contributed by atoms with Gasteiger partial charge in [0.1, 0.15) is 5.69 Å². The molecule has 0 saturated carbocycles. The largest absolute Gasteiger partial charge is 0.464 e. The van der Waals surface area contributed by atoms with Gasteiger partial charge in [-0.1, -0.05) is 50.2 Å². The van der Waals surface area contributed by atoms with Crippen LogP contribution in [0.25, 0.3) is 22.0 Å². The molecule has 0 aliphatic rings. The molecule has 0 aliphatic heterocycles. The first-order valence-corrected chi connectivity index (χ1v) is 19.2. The maximum Gasteiger partial charge on any atom is 0.354 e. The maximum atomic E-state index is 13.5. The van der Waals surface area contributed by atoms with Gasteiger partial charge in [-0.2, -0.15) is 5.10 Å². The lowest BCUT2D eigenvalue weighted by molar-refractivity contribution is -0.109. The normalized spacial score (nSPS) is 12.3. The van der Waals surface area contributed by atoms with Crippen LogP contribution < -0.4 is 0 Å².